The summed E-state index contributed by atoms with van der Waals surface area (Å²) >= 11 is 5.06. The first-order valence-electron chi connectivity index (χ1n) is 3.91. The molecule has 82 valence electrons. The van der Waals surface area contributed by atoms with Crippen LogP contribution in [0.4, 0.5) is 5.69 Å². The molecule has 0 fully saturated rings. The van der Waals surface area contributed by atoms with Crippen molar-refractivity contribution in [1.82, 2.24) is 0 Å². The maximum absolute atomic E-state index is 11.2. The van der Waals surface area contributed by atoms with Crippen LogP contribution in [0.15, 0.2) is 34.2 Å². The zero-order valence-corrected chi connectivity index (χ0v) is 9.42. The first-order chi connectivity index (χ1) is 6.95. The van der Waals surface area contributed by atoms with Gasteiger partial charge in [-0.25, -0.2) is 18.5 Å². The lowest BCUT2D eigenvalue weighted by Gasteiger charge is -2.02. The molecule has 0 aromatic heterocycles. The number of nitrogens with zero attached hydrogens (tertiary/aromatic N) is 1. The van der Waals surface area contributed by atoms with Crippen LogP contribution < -0.4 is 5.14 Å². The molecule has 0 saturated heterocycles. The minimum absolute atomic E-state index is 0.0712. The topological polar surface area (TPSA) is 81.8 Å². The summed E-state index contributed by atoms with van der Waals surface area (Å²) < 4.78 is 26.6. The van der Waals surface area contributed by atoms with Crippen LogP contribution in [0.2, 0.25) is 0 Å². The average Bonchev–Trinajstić information content (AvgIpc) is 2.17. The number of primary sulfonamides is 1. The molecular formula is C8H9ClN2O3S. The van der Waals surface area contributed by atoms with Gasteiger partial charge in [-0.05, 0) is 12.1 Å². The van der Waals surface area contributed by atoms with Crippen LogP contribution in [0.5, 0.6) is 0 Å². The van der Waals surface area contributed by atoms with E-state index < -0.39 is 10.0 Å². The van der Waals surface area contributed by atoms with E-state index in [9.17, 15) is 8.42 Å². The molecule has 0 aliphatic rings. The van der Waals surface area contributed by atoms with Gasteiger partial charge in [0.05, 0.1) is 5.69 Å². The molecule has 0 aliphatic carbocycles. The van der Waals surface area contributed by atoms with E-state index in [1.807, 2.05) is 0 Å². The van der Waals surface area contributed by atoms with Crippen molar-refractivity contribution in [3.05, 3.63) is 24.3 Å². The Kier molecular flexibility index (Phi) is 3.67. The molecule has 0 bridgehead atoms. The van der Waals surface area contributed by atoms with Gasteiger partial charge in [0.25, 0.3) is 0 Å². The Hall–Kier alpha value is -1.11. The quantitative estimate of drug-likeness (QED) is 0.637. The Morgan fingerprint density at radius 1 is 1.47 bits per heavy atom. The molecule has 2 N–H and O–H groups in total. The smallest absolute Gasteiger partial charge is 0.240 e. The van der Waals surface area contributed by atoms with Gasteiger partial charge < -0.3 is 4.29 Å². The monoisotopic (exact) mass is 248 g/mol. The molecule has 0 saturated carbocycles. The number of halogens is 1. The molecule has 1 aromatic rings. The Bertz CT molecular complexity index is 484. The third kappa shape index (κ3) is 3.19. The van der Waals surface area contributed by atoms with Crippen molar-refractivity contribution in [3.63, 3.8) is 0 Å². The molecule has 1 aromatic carbocycles. The van der Waals surface area contributed by atoms with Gasteiger partial charge in [-0.2, -0.15) is 0 Å². The summed E-state index contributed by atoms with van der Waals surface area (Å²) in [5.41, 5.74) is 0.193. The highest BCUT2D eigenvalue weighted by molar-refractivity contribution is 7.89. The Morgan fingerprint density at radius 2 is 2.07 bits per heavy atom. The molecule has 0 amide bonds. The Balaban J connectivity index is 3.31. The SMILES string of the molecule is CC(=Nc1ccccc1S(N)(=O)=O)OCl. The number of sulfonamides is 1. The second-order valence-corrected chi connectivity index (χ2v) is 4.40. The van der Waals surface area contributed by atoms with E-state index in [2.05, 4.69) is 9.28 Å². The summed E-state index contributed by atoms with van der Waals surface area (Å²) in [6.07, 6.45) is 0. The van der Waals surface area contributed by atoms with E-state index in [-0.39, 0.29) is 16.5 Å². The van der Waals surface area contributed by atoms with Crippen LogP contribution in [0, 0.1) is 0 Å². The van der Waals surface area contributed by atoms with Crippen molar-refractivity contribution in [2.75, 3.05) is 0 Å². The van der Waals surface area contributed by atoms with E-state index in [1.54, 1.807) is 12.1 Å². The summed E-state index contributed by atoms with van der Waals surface area (Å²) in [6, 6.07) is 6.04. The van der Waals surface area contributed by atoms with Gasteiger partial charge in [0.2, 0.25) is 15.9 Å². The highest BCUT2D eigenvalue weighted by atomic mass is 35.5. The standard InChI is InChI=1S/C8H9ClN2O3S/c1-6(14-9)11-7-4-2-3-5-8(7)15(10,12)13/h2-5H,1H3,(H2,10,12,13). The first kappa shape index (κ1) is 12.0. The summed E-state index contributed by atoms with van der Waals surface area (Å²) in [4.78, 5) is 3.78. The molecule has 15 heavy (non-hydrogen) atoms. The predicted octanol–water partition coefficient (Wildman–Crippen LogP) is 1.55. The zero-order valence-electron chi connectivity index (χ0n) is 7.84. The zero-order chi connectivity index (χ0) is 11.5. The van der Waals surface area contributed by atoms with Gasteiger partial charge in [0.1, 0.15) is 16.8 Å². The summed E-state index contributed by atoms with van der Waals surface area (Å²) in [6.45, 7) is 1.49. The lowest BCUT2D eigenvalue weighted by molar-refractivity contribution is 0.597. The van der Waals surface area contributed by atoms with Crippen LogP contribution in [0.3, 0.4) is 0 Å². The van der Waals surface area contributed by atoms with Crippen LogP contribution in [-0.2, 0) is 14.3 Å². The van der Waals surface area contributed by atoms with E-state index in [0.29, 0.717) is 0 Å². The third-order valence-electron chi connectivity index (χ3n) is 1.56. The second kappa shape index (κ2) is 4.61. The fourth-order valence-corrected chi connectivity index (χ4v) is 1.68. The van der Waals surface area contributed by atoms with Crippen molar-refractivity contribution >= 4 is 33.5 Å². The highest BCUT2D eigenvalue weighted by Gasteiger charge is 2.12. The normalized spacial score (nSPS) is 12.6. The average molecular weight is 249 g/mol. The van der Waals surface area contributed by atoms with Gasteiger partial charge in [0, 0.05) is 6.92 Å². The van der Waals surface area contributed by atoms with E-state index in [4.69, 9.17) is 17.0 Å². The third-order valence-corrected chi connectivity index (χ3v) is 2.74. The predicted molar refractivity (Wildman–Crippen MR) is 57.5 cm³/mol. The Morgan fingerprint density at radius 3 is 2.60 bits per heavy atom. The van der Waals surface area contributed by atoms with Crippen molar-refractivity contribution < 1.29 is 12.7 Å². The molecule has 0 radical (unpaired) electrons. The summed E-state index contributed by atoms with van der Waals surface area (Å²) in [5.74, 6) is 0.132. The van der Waals surface area contributed by atoms with Crippen LogP contribution in [0.1, 0.15) is 6.92 Å². The molecule has 0 spiro atoms. The number of benzene rings is 1. The van der Waals surface area contributed by atoms with E-state index >= 15 is 0 Å². The molecule has 7 heteroatoms. The Labute approximate surface area is 92.7 Å². The van der Waals surface area contributed by atoms with E-state index in [0.717, 1.165) is 0 Å². The van der Waals surface area contributed by atoms with Gasteiger partial charge in [-0.15, -0.1) is 0 Å². The molecule has 0 aliphatic heterocycles. The molecule has 1 rings (SSSR count). The fraction of sp³-hybridized carbons (Fsp3) is 0.125. The number of hydrogen-bond donors (Lipinski definition) is 1. The van der Waals surface area contributed by atoms with Crippen LogP contribution >= 0.6 is 11.9 Å². The number of rotatable bonds is 2. The van der Waals surface area contributed by atoms with Crippen LogP contribution in [-0.4, -0.2) is 14.3 Å². The maximum atomic E-state index is 11.2. The molecule has 0 unspecified atom stereocenters. The number of para-hydroxylation sites is 1. The highest BCUT2D eigenvalue weighted by Crippen LogP contribution is 2.22. The van der Waals surface area contributed by atoms with E-state index in [1.165, 1.54) is 19.1 Å². The van der Waals surface area contributed by atoms with Gasteiger partial charge in [-0.3, -0.25) is 0 Å². The lowest BCUT2D eigenvalue weighted by atomic mass is 10.3. The number of aliphatic imine (C=N–C) groups is 1. The van der Waals surface area contributed by atoms with Crippen molar-refractivity contribution in [1.29, 1.82) is 0 Å². The van der Waals surface area contributed by atoms with Crippen molar-refractivity contribution in [3.8, 4) is 0 Å². The van der Waals surface area contributed by atoms with Crippen molar-refractivity contribution in [2.45, 2.75) is 11.8 Å². The second-order valence-electron chi connectivity index (χ2n) is 2.72. The molecule has 5 nitrogen and oxygen atoms in total. The summed E-state index contributed by atoms with van der Waals surface area (Å²) in [7, 11) is -3.79. The van der Waals surface area contributed by atoms with Crippen LogP contribution in [0.25, 0.3) is 0 Å². The molecule has 0 heterocycles. The maximum Gasteiger partial charge on any atom is 0.240 e. The molecule has 0 atom stereocenters. The van der Waals surface area contributed by atoms with Crippen molar-refractivity contribution in [2.24, 2.45) is 10.1 Å². The number of nitrogens with two attached hydrogens (primary N) is 1. The minimum Gasteiger partial charge on any atom is -0.370 e. The van der Waals surface area contributed by atoms with Gasteiger partial charge in [0.15, 0.2) is 0 Å². The fourth-order valence-electron chi connectivity index (χ4n) is 0.977. The first-order valence-corrected chi connectivity index (χ1v) is 5.76. The lowest BCUT2D eigenvalue weighted by Crippen LogP contribution is -2.12. The number of hydrogen-bond acceptors (Lipinski definition) is 4. The minimum atomic E-state index is -3.79. The molecular weight excluding hydrogens is 240 g/mol. The van der Waals surface area contributed by atoms with Gasteiger partial charge >= 0.3 is 0 Å². The largest absolute Gasteiger partial charge is 0.370 e. The summed E-state index contributed by atoms with van der Waals surface area (Å²) in [5, 5.41) is 5.00. The van der Waals surface area contributed by atoms with Gasteiger partial charge in [-0.1, -0.05) is 12.1 Å².